The zero-order valence-corrected chi connectivity index (χ0v) is 9.74. The SMILES string of the molecule is N#CC(C(=O)NCc1ccccc1)=C(O)CCl. The van der Waals surface area contributed by atoms with E-state index in [0.717, 1.165) is 5.56 Å². The van der Waals surface area contributed by atoms with E-state index in [-0.39, 0.29) is 11.5 Å². The largest absolute Gasteiger partial charge is 0.509 e. The molecule has 0 saturated heterocycles. The Balaban J connectivity index is 2.65. The van der Waals surface area contributed by atoms with Gasteiger partial charge < -0.3 is 10.4 Å². The summed E-state index contributed by atoms with van der Waals surface area (Å²) < 4.78 is 0. The molecular weight excluding hydrogens is 240 g/mol. The lowest BCUT2D eigenvalue weighted by molar-refractivity contribution is -0.117. The summed E-state index contributed by atoms with van der Waals surface area (Å²) in [5, 5.41) is 20.5. The Morgan fingerprint density at radius 2 is 2.06 bits per heavy atom. The monoisotopic (exact) mass is 250 g/mol. The van der Waals surface area contributed by atoms with Crippen LogP contribution < -0.4 is 5.32 Å². The third-order valence-electron chi connectivity index (χ3n) is 2.05. The van der Waals surface area contributed by atoms with Gasteiger partial charge in [-0.15, -0.1) is 11.6 Å². The first-order chi connectivity index (χ1) is 8.19. The number of amides is 1. The Morgan fingerprint density at radius 3 is 2.59 bits per heavy atom. The first-order valence-corrected chi connectivity index (χ1v) is 5.42. The smallest absolute Gasteiger partial charge is 0.265 e. The maximum Gasteiger partial charge on any atom is 0.265 e. The van der Waals surface area contributed by atoms with Crippen molar-refractivity contribution in [3.8, 4) is 6.07 Å². The molecule has 0 aliphatic carbocycles. The number of hydrogen-bond acceptors (Lipinski definition) is 3. The van der Waals surface area contributed by atoms with Gasteiger partial charge in [0, 0.05) is 6.54 Å². The Kier molecular flexibility index (Phi) is 5.05. The van der Waals surface area contributed by atoms with Crippen molar-refractivity contribution in [1.29, 1.82) is 5.26 Å². The van der Waals surface area contributed by atoms with Crippen LogP contribution in [0, 0.1) is 11.3 Å². The van der Waals surface area contributed by atoms with Gasteiger partial charge in [0.15, 0.2) is 5.57 Å². The summed E-state index contributed by atoms with van der Waals surface area (Å²) in [7, 11) is 0. The molecule has 17 heavy (non-hydrogen) atoms. The molecule has 0 atom stereocenters. The predicted octanol–water partition coefficient (Wildman–Crippen LogP) is 1.88. The van der Waals surface area contributed by atoms with Crippen LogP contribution in [0.15, 0.2) is 41.7 Å². The van der Waals surface area contributed by atoms with Crippen molar-refractivity contribution in [2.45, 2.75) is 6.54 Å². The summed E-state index contributed by atoms with van der Waals surface area (Å²) in [6.07, 6.45) is 0. The maximum atomic E-state index is 11.5. The molecule has 0 aliphatic rings. The molecule has 88 valence electrons. The summed E-state index contributed by atoms with van der Waals surface area (Å²) in [5.41, 5.74) is 0.555. The van der Waals surface area contributed by atoms with Crippen LogP contribution in [0.4, 0.5) is 0 Å². The number of nitrogens with zero attached hydrogens (tertiary/aromatic N) is 1. The lowest BCUT2D eigenvalue weighted by Crippen LogP contribution is -2.25. The number of carbonyl (C=O) groups excluding carboxylic acids is 1. The third-order valence-corrected chi connectivity index (χ3v) is 2.30. The number of aliphatic hydroxyl groups is 1. The fourth-order valence-corrected chi connectivity index (χ4v) is 1.31. The van der Waals surface area contributed by atoms with Crippen LogP contribution >= 0.6 is 11.6 Å². The average Bonchev–Trinajstić information content (AvgIpc) is 2.38. The van der Waals surface area contributed by atoms with Crippen LogP contribution in [-0.4, -0.2) is 16.9 Å². The second-order valence-electron chi connectivity index (χ2n) is 3.24. The standard InChI is InChI=1S/C12H11ClN2O2/c13-6-11(16)10(7-14)12(17)15-8-9-4-2-1-3-5-9/h1-5,16H,6,8H2,(H,15,17). The van der Waals surface area contributed by atoms with E-state index in [1.807, 2.05) is 30.3 Å². The second-order valence-corrected chi connectivity index (χ2v) is 3.50. The fraction of sp³-hybridized carbons (Fsp3) is 0.167. The highest BCUT2D eigenvalue weighted by Crippen LogP contribution is 2.04. The van der Waals surface area contributed by atoms with Crippen molar-refractivity contribution >= 4 is 17.5 Å². The Hall–Kier alpha value is -1.99. The highest BCUT2D eigenvalue weighted by molar-refractivity contribution is 6.19. The average molecular weight is 251 g/mol. The maximum absolute atomic E-state index is 11.5. The topological polar surface area (TPSA) is 73.1 Å². The second kappa shape index (κ2) is 6.56. The van der Waals surface area contributed by atoms with E-state index in [4.69, 9.17) is 16.9 Å². The van der Waals surface area contributed by atoms with E-state index in [9.17, 15) is 9.90 Å². The molecule has 0 aliphatic heterocycles. The van der Waals surface area contributed by atoms with Crippen molar-refractivity contribution < 1.29 is 9.90 Å². The number of rotatable bonds is 4. The first-order valence-electron chi connectivity index (χ1n) is 4.89. The van der Waals surface area contributed by atoms with Gasteiger partial charge in [0.05, 0.1) is 5.88 Å². The van der Waals surface area contributed by atoms with Gasteiger partial charge in [0.25, 0.3) is 5.91 Å². The number of allylic oxidation sites excluding steroid dienone is 1. The van der Waals surface area contributed by atoms with Crippen LogP contribution in [0.3, 0.4) is 0 Å². The van der Waals surface area contributed by atoms with Gasteiger partial charge in [-0.2, -0.15) is 5.26 Å². The van der Waals surface area contributed by atoms with E-state index in [0.29, 0.717) is 6.54 Å². The summed E-state index contributed by atoms with van der Waals surface area (Å²) in [6.45, 7) is 0.292. The molecule has 1 aromatic rings. The number of hydrogen-bond donors (Lipinski definition) is 2. The van der Waals surface area contributed by atoms with Gasteiger partial charge >= 0.3 is 0 Å². The van der Waals surface area contributed by atoms with Crippen molar-refractivity contribution in [2.75, 3.05) is 5.88 Å². The molecule has 1 rings (SSSR count). The van der Waals surface area contributed by atoms with E-state index in [1.165, 1.54) is 0 Å². The highest BCUT2D eigenvalue weighted by atomic mass is 35.5. The number of benzene rings is 1. The van der Waals surface area contributed by atoms with Gasteiger partial charge in [0.2, 0.25) is 0 Å². The van der Waals surface area contributed by atoms with Gasteiger partial charge in [-0.25, -0.2) is 0 Å². The molecule has 0 unspecified atom stereocenters. The number of aliphatic hydroxyl groups excluding tert-OH is 1. The molecule has 0 spiro atoms. The number of halogens is 1. The van der Waals surface area contributed by atoms with E-state index >= 15 is 0 Å². The predicted molar refractivity (Wildman–Crippen MR) is 64.3 cm³/mol. The van der Waals surface area contributed by atoms with Gasteiger partial charge in [-0.3, -0.25) is 4.79 Å². The third kappa shape index (κ3) is 3.82. The molecule has 2 N–H and O–H groups in total. The lowest BCUT2D eigenvalue weighted by Gasteiger charge is -2.05. The van der Waals surface area contributed by atoms with Crippen LogP contribution in [0.1, 0.15) is 5.56 Å². The minimum absolute atomic E-state index is 0.262. The molecule has 0 saturated carbocycles. The van der Waals surface area contributed by atoms with Crippen LogP contribution in [0.2, 0.25) is 0 Å². The van der Waals surface area contributed by atoms with Crippen molar-refractivity contribution in [2.24, 2.45) is 0 Å². The summed E-state index contributed by atoms with van der Waals surface area (Å²) in [4.78, 5) is 11.5. The summed E-state index contributed by atoms with van der Waals surface area (Å²) >= 11 is 5.35. The molecule has 0 radical (unpaired) electrons. The number of nitriles is 1. The zero-order valence-electron chi connectivity index (χ0n) is 8.98. The number of alkyl halides is 1. The Morgan fingerprint density at radius 1 is 1.41 bits per heavy atom. The van der Waals surface area contributed by atoms with Crippen LogP contribution in [0.25, 0.3) is 0 Å². The zero-order chi connectivity index (χ0) is 12.7. The molecule has 0 bridgehead atoms. The van der Waals surface area contributed by atoms with Gasteiger partial charge in [0.1, 0.15) is 11.8 Å². The van der Waals surface area contributed by atoms with Crippen molar-refractivity contribution in [3.63, 3.8) is 0 Å². The molecule has 4 nitrogen and oxygen atoms in total. The minimum atomic E-state index is -0.630. The quantitative estimate of drug-likeness (QED) is 0.371. The van der Waals surface area contributed by atoms with Crippen LogP contribution in [-0.2, 0) is 11.3 Å². The van der Waals surface area contributed by atoms with E-state index in [1.54, 1.807) is 6.07 Å². The summed E-state index contributed by atoms with van der Waals surface area (Å²) in [5.74, 6) is -1.31. The van der Waals surface area contributed by atoms with Crippen molar-refractivity contribution in [1.82, 2.24) is 5.32 Å². The number of carbonyl (C=O) groups is 1. The van der Waals surface area contributed by atoms with Gasteiger partial charge in [-0.1, -0.05) is 30.3 Å². The molecule has 5 heteroatoms. The molecule has 0 aromatic heterocycles. The lowest BCUT2D eigenvalue weighted by atomic mass is 10.2. The van der Waals surface area contributed by atoms with E-state index < -0.39 is 11.7 Å². The number of nitrogens with one attached hydrogen (secondary N) is 1. The Bertz CT molecular complexity index is 463. The highest BCUT2D eigenvalue weighted by Gasteiger charge is 2.13. The van der Waals surface area contributed by atoms with Crippen molar-refractivity contribution in [3.05, 3.63) is 47.2 Å². The van der Waals surface area contributed by atoms with Crippen LogP contribution in [0.5, 0.6) is 0 Å². The minimum Gasteiger partial charge on any atom is -0.509 e. The Labute approximate surface area is 104 Å². The molecular formula is C12H11ClN2O2. The molecule has 1 aromatic carbocycles. The van der Waals surface area contributed by atoms with Gasteiger partial charge in [-0.05, 0) is 5.56 Å². The normalized spacial score (nSPS) is 11.3. The summed E-state index contributed by atoms with van der Waals surface area (Å²) in [6, 6.07) is 10.9. The molecule has 0 fully saturated rings. The van der Waals surface area contributed by atoms with E-state index in [2.05, 4.69) is 5.32 Å². The first kappa shape index (κ1) is 13.1. The molecule has 1 amide bonds. The fourth-order valence-electron chi connectivity index (χ4n) is 1.18. The molecule has 0 heterocycles.